The number of amides is 1. The van der Waals surface area contributed by atoms with E-state index in [9.17, 15) is 14.4 Å². The molecule has 1 saturated heterocycles. The standard InChI is InChI=1S/C15H17FN2OS/c1-11-9-12(16)3-4-13(11)14(19)18-7-5-15(10-17,20-2)6-8-18/h3-4,9H,5-8H2,1-2H3. The first-order chi connectivity index (χ1) is 9.51. The molecule has 2 rings (SSSR count). The van der Waals surface area contributed by atoms with Gasteiger partial charge in [-0.3, -0.25) is 4.79 Å². The summed E-state index contributed by atoms with van der Waals surface area (Å²) in [6, 6.07) is 6.58. The minimum absolute atomic E-state index is 0.0739. The largest absolute Gasteiger partial charge is 0.338 e. The molecule has 106 valence electrons. The molecule has 1 aliphatic heterocycles. The highest BCUT2D eigenvalue weighted by molar-refractivity contribution is 8.00. The minimum atomic E-state index is -0.366. The first-order valence-corrected chi connectivity index (χ1v) is 7.76. The van der Waals surface area contributed by atoms with Gasteiger partial charge in [0.15, 0.2) is 0 Å². The molecule has 0 bridgehead atoms. The fourth-order valence-corrected chi connectivity index (χ4v) is 3.15. The van der Waals surface area contributed by atoms with Gasteiger partial charge >= 0.3 is 0 Å². The van der Waals surface area contributed by atoms with Crippen molar-refractivity contribution in [1.82, 2.24) is 4.90 Å². The van der Waals surface area contributed by atoms with Gasteiger partial charge in [0.1, 0.15) is 10.6 Å². The van der Waals surface area contributed by atoms with E-state index in [1.54, 1.807) is 23.6 Å². The fraction of sp³-hybridized carbons (Fsp3) is 0.467. The Balaban J connectivity index is 2.11. The second-order valence-corrected chi connectivity index (χ2v) is 6.25. The lowest BCUT2D eigenvalue weighted by molar-refractivity contribution is 0.0716. The van der Waals surface area contributed by atoms with Crippen molar-refractivity contribution in [1.29, 1.82) is 5.26 Å². The highest BCUT2D eigenvalue weighted by atomic mass is 32.2. The molecule has 1 aromatic carbocycles. The summed E-state index contributed by atoms with van der Waals surface area (Å²) >= 11 is 1.56. The van der Waals surface area contributed by atoms with E-state index in [2.05, 4.69) is 6.07 Å². The van der Waals surface area contributed by atoms with Crippen molar-refractivity contribution < 1.29 is 9.18 Å². The number of halogens is 1. The number of rotatable bonds is 2. The molecular weight excluding hydrogens is 275 g/mol. The first kappa shape index (κ1) is 14.9. The van der Waals surface area contributed by atoms with Crippen molar-refractivity contribution in [3.8, 4) is 6.07 Å². The molecule has 0 spiro atoms. The molecule has 1 aromatic rings. The van der Waals surface area contributed by atoms with E-state index >= 15 is 0 Å². The lowest BCUT2D eigenvalue weighted by Gasteiger charge is -2.36. The van der Waals surface area contributed by atoms with Crippen molar-refractivity contribution in [2.45, 2.75) is 24.5 Å². The molecule has 0 aliphatic carbocycles. The molecule has 0 unspecified atom stereocenters. The van der Waals surface area contributed by atoms with E-state index in [1.165, 1.54) is 18.2 Å². The summed E-state index contributed by atoms with van der Waals surface area (Å²) in [5, 5.41) is 9.24. The topological polar surface area (TPSA) is 44.1 Å². The van der Waals surface area contributed by atoms with Crippen LogP contribution in [0.3, 0.4) is 0 Å². The van der Waals surface area contributed by atoms with Gasteiger partial charge in [-0.25, -0.2) is 4.39 Å². The minimum Gasteiger partial charge on any atom is -0.338 e. The lowest BCUT2D eigenvalue weighted by Crippen LogP contribution is -2.44. The Hall–Kier alpha value is -1.54. The van der Waals surface area contributed by atoms with Gasteiger partial charge in [0.25, 0.3) is 5.91 Å². The van der Waals surface area contributed by atoms with Gasteiger partial charge in [0.05, 0.1) is 6.07 Å². The summed E-state index contributed by atoms with van der Waals surface area (Å²) in [5.41, 5.74) is 1.19. The maximum Gasteiger partial charge on any atom is 0.254 e. The van der Waals surface area contributed by atoms with Crippen LogP contribution in [0.4, 0.5) is 4.39 Å². The molecule has 1 fully saturated rings. The summed E-state index contributed by atoms with van der Waals surface area (Å²) in [4.78, 5) is 14.2. The Labute approximate surface area is 122 Å². The van der Waals surface area contributed by atoms with E-state index < -0.39 is 0 Å². The number of carbonyl (C=O) groups excluding carboxylic acids is 1. The predicted molar refractivity (Wildman–Crippen MR) is 78.1 cm³/mol. The Morgan fingerprint density at radius 1 is 1.45 bits per heavy atom. The van der Waals surface area contributed by atoms with Crippen molar-refractivity contribution >= 4 is 17.7 Å². The van der Waals surface area contributed by atoms with Gasteiger partial charge in [-0.15, -0.1) is 11.8 Å². The smallest absolute Gasteiger partial charge is 0.254 e. The van der Waals surface area contributed by atoms with Crippen molar-refractivity contribution in [3.05, 3.63) is 35.1 Å². The van der Waals surface area contributed by atoms with E-state index in [1.807, 2.05) is 6.26 Å². The Morgan fingerprint density at radius 2 is 2.10 bits per heavy atom. The number of hydrogen-bond donors (Lipinski definition) is 0. The van der Waals surface area contributed by atoms with E-state index in [0.717, 1.165) is 0 Å². The number of nitriles is 1. The summed E-state index contributed by atoms with van der Waals surface area (Å²) in [5.74, 6) is -0.404. The van der Waals surface area contributed by atoms with E-state index in [0.29, 0.717) is 37.1 Å². The van der Waals surface area contributed by atoms with E-state index in [-0.39, 0.29) is 16.5 Å². The van der Waals surface area contributed by atoms with Crippen LogP contribution in [-0.4, -0.2) is 34.9 Å². The normalized spacial score (nSPS) is 17.6. The second kappa shape index (κ2) is 5.84. The molecule has 20 heavy (non-hydrogen) atoms. The molecule has 1 aliphatic rings. The number of benzene rings is 1. The molecule has 0 N–H and O–H groups in total. The molecule has 0 atom stereocenters. The monoisotopic (exact) mass is 292 g/mol. The van der Waals surface area contributed by atoms with Crippen molar-refractivity contribution in [2.75, 3.05) is 19.3 Å². The van der Waals surface area contributed by atoms with Gasteiger partial charge in [-0.2, -0.15) is 5.26 Å². The number of hydrogen-bond acceptors (Lipinski definition) is 3. The highest BCUT2D eigenvalue weighted by Crippen LogP contribution is 2.34. The van der Waals surface area contributed by atoms with Crippen LogP contribution in [0.15, 0.2) is 18.2 Å². The predicted octanol–water partition coefficient (Wildman–Crippen LogP) is 3.00. The van der Waals surface area contributed by atoms with Gasteiger partial charge in [-0.05, 0) is 49.8 Å². The average Bonchev–Trinajstić information content (AvgIpc) is 2.47. The quantitative estimate of drug-likeness (QED) is 0.841. The number of carbonyl (C=O) groups is 1. The van der Waals surface area contributed by atoms with Gasteiger partial charge in [0.2, 0.25) is 0 Å². The molecule has 1 amide bonds. The third-order valence-corrected chi connectivity index (χ3v) is 5.15. The highest BCUT2D eigenvalue weighted by Gasteiger charge is 2.35. The number of nitrogens with zero attached hydrogens (tertiary/aromatic N) is 2. The van der Waals surface area contributed by atoms with Crippen LogP contribution in [0.2, 0.25) is 0 Å². The molecular formula is C15H17FN2OS. The Morgan fingerprint density at radius 3 is 2.60 bits per heavy atom. The Bertz CT molecular complexity index is 559. The summed E-state index contributed by atoms with van der Waals surface area (Å²) in [6.45, 7) is 2.88. The van der Waals surface area contributed by atoms with Crippen LogP contribution in [0.25, 0.3) is 0 Å². The van der Waals surface area contributed by atoms with Crippen LogP contribution in [0, 0.1) is 24.1 Å². The SMILES string of the molecule is CSC1(C#N)CCN(C(=O)c2ccc(F)cc2C)CC1. The van der Waals surface area contributed by atoms with Gasteiger partial charge in [0, 0.05) is 18.7 Å². The number of piperidine rings is 1. The van der Waals surface area contributed by atoms with Crippen LogP contribution in [0.5, 0.6) is 0 Å². The van der Waals surface area contributed by atoms with Crippen LogP contribution in [0.1, 0.15) is 28.8 Å². The summed E-state index contributed by atoms with van der Waals surface area (Å²) in [6.07, 6.45) is 3.29. The van der Waals surface area contributed by atoms with Crippen LogP contribution >= 0.6 is 11.8 Å². The zero-order valence-corrected chi connectivity index (χ0v) is 12.5. The molecule has 5 heteroatoms. The Kier molecular flexibility index (Phi) is 4.34. The van der Waals surface area contributed by atoms with Gasteiger partial charge < -0.3 is 4.90 Å². The van der Waals surface area contributed by atoms with Gasteiger partial charge in [-0.1, -0.05) is 0 Å². The second-order valence-electron chi connectivity index (χ2n) is 5.06. The first-order valence-electron chi connectivity index (χ1n) is 6.53. The zero-order valence-electron chi connectivity index (χ0n) is 11.6. The third kappa shape index (κ3) is 2.80. The maximum absolute atomic E-state index is 13.1. The average molecular weight is 292 g/mol. The number of aryl methyl sites for hydroxylation is 1. The lowest BCUT2D eigenvalue weighted by atomic mass is 9.96. The summed E-state index contributed by atoms with van der Waals surface area (Å²) < 4.78 is 12.7. The molecule has 0 saturated carbocycles. The molecule has 1 heterocycles. The number of thioether (sulfide) groups is 1. The summed E-state index contributed by atoms with van der Waals surface area (Å²) in [7, 11) is 0. The van der Waals surface area contributed by atoms with Crippen LogP contribution < -0.4 is 0 Å². The van der Waals surface area contributed by atoms with E-state index in [4.69, 9.17) is 0 Å². The van der Waals surface area contributed by atoms with Crippen molar-refractivity contribution in [2.24, 2.45) is 0 Å². The van der Waals surface area contributed by atoms with Crippen LogP contribution in [-0.2, 0) is 0 Å². The molecule has 0 aromatic heterocycles. The maximum atomic E-state index is 13.1. The van der Waals surface area contributed by atoms with Crippen molar-refractivity contribution in [3.63, 3.8) is 0 Å². The molecule has 0 radical (unpaired) electrons. The number of likely N-dealkylation sites (tertiary alicyclic amines) is 1. The zero-order chi connectivity index (χ0) is 14.8. The fourth-order valence-electron chi connectivity index (χ4n) is 2.47. The third-order valence-electron chi connectivity index (χ3n) is 3.87. The molecule has 3 nitrogen and oxygen atoms in total.